The maximum Gasteiger partial charge on any atom is 0.410 e. The van der Waals surface area contributed by atoms with Crippen LogP contribution in [0.25, 0.3) is 0 Å². The molecule has 1 aromatic rings. The van der Waals surface area contributed by atoms with Crippen molar-refractivity contribution in [3.05, 3.63) is 17.8 Å². The molecule has 6 nitrogen and oxygen atoms in total. The van der Waals surface area contributed by atoms with E-state index in [-0.39, 0.29) is 6.09 Å². The molecule has 0 radical (unpaired) electrons. The monoisotopic (exact) mass is 307 g/mol. The fraction of sp³-hybridized carbons (Fsp3) is 0.625. The second-order valence-electron chi connectivity index (χ2n) is 6.43. The fourth-order valence-electron chi connectivity index (χ4n) is 2.34. The average Bonchev–Trinajstić information content (AvgIpc) is 2.45. The van der Waals surface area contributed by atoms with Crippen molar-refractivity contribution in [2.75, 3.05) is 38.2 Å². The number of amides is 1. The summed E-state index contributed by atoms with van der Waals surface area (Å²) < 4.78 is 10.8. The van der Waals surface area contributed by atoms with Gasteiger partial charge in [-0.3, -0.25) is 0 Å². The van der Waals surface area contributed by atoms with Gasteiger partial charge in [-0.1, -0.05) is 0 Å². The molecule has 2 heterocycles. The number of hydrogen-bond acceptors (Lipinski definition) is 5. The summed E-state index contributed by atoms with van der Waals surface area (Å²) in [5.74, 6) is 1.60. The Hall–Kier alpha value is -1.98. The van der Waals surface area contributed by atoms with Gasteiger partial charge in [-0.15, -0.1) is 0 Å². The molecule has 1 aliphatic heterocycles. The molecule has 0 aliphatic carbocycles. The van der Waals surface area contributed by atoms with Gasteiger partial charge >= 0.3 is 6.09 Å². The zero-order valence-corrected chi connectivity index (χ0v) is 14.0. The fourth-order valence-corrected chi connectivity index (χ4v) is 2.34. The lowest BCUT2D eigenvalue weighted by Crippen LogP contribution is -2.50. The summed E-state index contributed by atoms with van der Waals surface area (Å²) in [4.78, 5) is 20.5. The predicted molar refractivity (Wildman–Crippen MR) is 85.5 cm³/mol. The van der Waals surface area contributed by atoms with Crippen LogP contribution in [0.2, 0.25) is 0 Å². The van der Waals surface area contributed by atoms with E-state index in [0.29, 0.717) is 26.2 Å². The van der Waals surface area contributed by atoms with Crippen molar-refractivity contribution in [2.45, 2.75) is 33.3 Å². The molecule has 6 heteroatoms. The van der Waals surface area contributed by atoms with Gasteiger partial charge in [-0.2, -0.15) is 0 Å². The number of aryl methyl sites for hydroxylation is 1. The van der Waals surface area contributed by atoms with Crippen LogP contribution in [0.4, 0.5) is 10.6 Å². The van der Waals surface area contributed by atoms with Gasteiger partial charge in [0, 0.05) is 31.9 Å². The zero-order chi connectivity index (χ0) is 16.3. The van der Waals surface area contributed by atoms with Crippen molar-refractivity contribution >= 4 is 11.9 Å². The van der Waals surface area contributed by atoms with Crippen LogP contribution in [0, 0.1) is 6.92 Å². The minimum atomic E-state index is -0.463. The van der Waals surface area contributed by atoms with E-state index in [0.717, 1.165) is 17.3 Å². The molecular weight excluding hydrogens is 282 g/mol. The van der Waals surface area contributed by atoms with Crippen LogP contribution in [-0.2, 0) is 4.74 Å². The van der Waals surface area contributed by atoms with Crippen LogP contribution in [-0.4, -0.2) is 54.9 Å². The van der Waals surface area contributed by atoms with Crippen molar-refractivity contribution in [1.82, 2.24) is 9.88 Å². The van der Waals surface area contributed by atoms with Crippen LogP contribution in [0.1, 0.15) is 26.5 Å². The van der Waals surface area contributed by atoms with Gasteiger partial charge in [-0.05, 0) is 39.8 Å². The van der Waals surface area contributed by atoms with Crippen LogP contribution >= 0.6 is 0 Å². The van der Waals surface area contributed by atoms with Crippen LogP contribution in [0.3, 0.4) is 0 Å². The summed E-state index contributed by atoms with van der Waals surface area (Å²) >= 11 is 0. The second-order valence-corrected chi connectivity index (χ2v) is 6.43. The summed E-state index contributed by atoms with van der Waals surface area (Å²) in [7, 11) is 1.65. The molecular formula is C16H25N3O3. The van der Waals surface area contributed by atoms with Crippen LogP contribution in [0.15, 0.2) is 12.1 Å². The quantitative estimate of drug-likeness (QED) is 0.840. The largest absolute Gasteiger partial charge is 0.493 e. The Morgan fingerprint density at radius 2 is 1.82 bits per heavy atom. The molecule has 0 atom stereocenters. The molecule has 0 saturated carbocycles. The lowest BCUT2D eigenvalue weighted by Gasteiger charge is -2.36. The molecule has 1 saturated heterocycles. The van der Waals surface area contributed by atoms with Gasteiger partial charge in [-0.25, -0.2) is 9.78 Å². The average molecular weight is 307 g/mol. The number of rotatable bonds is 2. The first-order valence-corrected chi connectivity index (χ1v) is 7.54. The smallest absolute Gasteiger partial charge is 0.410 e. The summed E-state index contributed by atoms with van der Waals surface area (Å²) in [5, 5.41) is 0. The number of carbonyl (C=O) groups excluding carboxylic acids is 1. The van der Waals surface area contributed by atoms with Gasteiger partial charge in [0.25, 0.3) is 0 Å². The molecule has 1 fully saturated rings. The first kappa shape index (κ1) is 16.4. The number of nitrogens with zero attached hydrogens (tertiary/aromatic N) is 3. The van der Waals surface area contributed by atoms with Gasteiger partial charge in [0.05, 0.1) is 7.11 Å². The van der Waals surface area contributed by atoms with Gasteiger partial charge < -0.3 is 19.3 Å². The molecule has 2 rings (SSSR count). The first-order valence-electron chi connectivity index (χ1n) is 7.54. The van der Waals surface area contributed by atoms with E-state index in [2.05, 4.69) is 9.88 Å². The van der Waals surface area contributed by atoms with Gasteiger partial charge in [0.2, 0.25) is 0 Å². The highest BCUT2D eigenvalue weighted by Crippen LogP contribution is 2.27. The molecule has 0 spiro atoms. The molecule has 1 amide bonds. The SMILES string of the molecule is COc1ccc(C)nc1N1CCN(C(=O)OC(C)(C)C)CC1. The normalized spacial score (nSPS) is 15.7. The number of carbonyl (C=O) groups is 1. The third-order valence-corrected chi connectivity index (χ3v) is 3.43. The number of hydrogen-bond donors (Lipinski definition) is 0. The Kier molecular flexibility index (Phi) is 4.78. The minimum Gasteiger partial charge on any atom is -0.493 e. The highest BCUT2D eigenvalue weighted by atomic mass is 16.6. The standard InChI is InChI=1S/C16H25N3O3/c1-12-6-7-13(21-5)14(17-12)18-8-10-19(11-9-18)15(20)22-16(2,3)4/h6-7H,8-11H2,1-5H3. The Bertz CT molecular complexity index is 532. The Balaban J connectivity index is 2.00. The number of piperazine rings is 1. The van der Waals surface area contributed by atoms with Crippen molar-refractivity contribution in [2.24, 2.45) is 0 Å². The Morgan fingerprint density at radius 3 is 2.36 bits per heavy atom. The molecule has 122 valence electrons. The lowest BCUT2D eigenvalue weighted by molar-refractivity contribution is 0.0240. The lowest BCUT2D eigenvalue weighted by atomic mass is 10.2. The van der Waals surface area contributed by atoms with E-state index in [1.54, 1.807) is 12.0 Å². The zero-order valence-electron chi connectivity index (χ0n) is 14.0. The van der Waals surface area contributed by atoms with Crippen LogP contribution in [0.5, 0.6) is 5.75 Å². The minimum absolute atomic E-state index is 0.253. The first-order chi connectivity index (χ1) is 10.3. The highest BCUT2D eigenvalue weighted by molar-refractivity contribution is 5.68. The molecule has 0 unspecified atom stereocenters. The maximum atomic E-state index is 12.1. The van der Waals surface area contributed by atoms with Crippen LogP contribution < -0.4 is 9.64 Å². The highest BCUT2D eigenvalue weighted by Gasteiger charge is 2.27. The third kappa shape index (κ3) is 4.02. The van der Waals surface area contributed by atoms with Gasteiger partial charge in [0.15, 0.2) is 11.6 Å². The van der Waals surface area contributed by atoms with E-state index in [1.807, 2.05) is 39.8 Å². The molecule has 1 aliphatic rings. The molecule has 0 N–H and O–H groups in total. The van der Waals surface area contributed by atoms with Crippen molar-refractivity contribution < 1.29 is 14.3 Å². The summed E-state index contributed by atoms with van der Waals surface area (Å²) in [6.45, 7) is 10.3. The van der Waals surface area contributed by atoms with E-state index >= 15 is 0 Å². The Labute approximate surface area is 132 Å². The Morgan fingerprint density at radius 1 is 1.18 bits per heavy atom. The topological polar surface area (TPSA) is 54.9 Å². The summed E-state index contributed by atoms with van der Waals surface area (Å²) in [5.41, 5.74) is 0.487. The molecule has 22 heavy (non-hydrogen) atoms. The van der Waals surface area contributed by atoms with E-state index < -0.39 is 5.60 Å². The predicted octanol–water partition coefficient (Wildman–Crippen LogP) is 2.46. The second kappa shape index (κ2) is 6.42. The maximum absolute atomic E-state index is 12.1. The number of ether oxygens (including phenoxy) is 2. The summed E-state index contributed by atoms with van der Waals surface area (Å²) in [6, 6.07) is 3.86. The number of anilines is 1. The summed E-state index contributed by atoms with van der Waals surface area (Å²) in [6.07, 6.45) is -0.253. The van der Waals surface area contributed by atoms with E-state index in [4.69, 9.17) is 9.47 Å². The third-order valence-electron chi connectivity index (χ3n) is 3.43. The molecule has 1 aromatic heterocycles. The number of aromatic nitrogens is 1. The number of methoxy groups -OCH3 is 1. The van der Waals surface area contributed by atoms with Crippen molar-refractivity contribution in [1.29, 1.82) is 0 Å². The van der Waals surface area contributed by atoms with E-state index in [9.17, 15) is 4.79 Å². The molecule has 0 bridgehead atoms. The number of pyridine rings is 1. The van der Waals surface area contributed by atoms with Gasteiger partial charge in [0.1, 0.15) is 5.60 Å². The van der Waals surface area contributed by atoms with E-state index in [1.165, 1.54) is 0 Å². The van der Waals surface area contributed by atoms with Crippen molar-refractivity contribution in [3.63, 3.8) is 0 Å². The van der Waals surface area contributed by atoms with Crippen molar-refractivity contribution in [3.8, 4) is 5.75 Å². The molecule has 0 aromatic carbocycles.